The van der Waals surface area contributed by atoms with Crippen LogP contribution in [0.25, 0.3) is 0 Å². The standard InChI is InChI=1S/C27H31ClN2O3.C4H4O4/c1-2-18-32-19-20-33-27(31)10-7-16-29-15-5-6-17-30-25-9-4-3-8-22(25)11-12-23-13-14-24(28)21-26(23)30;5-3-8-2-1-4(6)7/h1,3-4,7-10,13-14,21,29H,5-6,11-12,15-20H2;1-3H,(H,6,7)/b10-7+;2-1-. The van der Waals surface area contributed by atoms with Crippen LogP contribution >= 0.6 is 11.6 Å². The van der Waals surface area contributed by atoms with E-state index in [1.165, 1.54) is 28.6 Å². The van der Waals surface area contributed by atoms with Crippen molar-refractivity contribution in [3.8, 4) is 12.3 Å². The highest BCUT2D eigenvalue weighted by Crippen LogP contribution is 2.37. The number of carboxylic acid groups (broad SMARTS) is 1. The number of carbonyl (C=O) groups excluding carboxylic acids is 2. The summed E-state index contributed by atoms with van der Waals surface area (Å²) in [5.41, 5.74) is 5.21. The summed E-state index contributed by atoms with van der Waals surface area (Å²) in [6, 6.07) is 14.9. The number of aryl methyl sites for hydroxylation is 2. The van der Waals surface area contributed by atoms with Gasteiger partial charge in [0.25, 0.3) is 6.47 Å². The lowest BCUT2D eigenvalue weighted by Crippen LogP contribution is -2.22. The average molecular weight is 583 g/mol. The lowest BCUT2D eigenvalue weighted by Gasteiger charge is -2.27. The third-order valence-corrected chi connectivity index (χ3v) is 6.02. The van der Waals surface area contributed by atoms with Crippen LogP contribution in [0.5, 0.6) is 0 Å². The summed E-state index contributed by atoms with van der Waals surface area (Å²) in [5.74, 6) is 0.835. The molecule has 10 heteroatoms. The van der Waals surface area contributed by atoms with Gasteiger partial charge in [0.05, 0.1) is 12.7 Å². The lowest BCUT2D eigenvalue weighted by atomic mass is 10.0. The maximum Gasteiger partial charge on any atom is 0.331 e. The number of halogens is 1. The quantitative estimate of drug-likeness (QED) is 0.0784. The topological polar surface area (TPSA) is 114 Å². The molecule has 1 aliphatic rings. The Bertz CT molecular complexity index is 1220. The summed E-state index contributed by atoms with van der Waals surface area (Å²) in [5, 5.41) is 12.0. The minimum Gasteiger partial charge on any atom is -0.478 e. The summed E-state index contributed by atoms with van der Waals surface area (Å²) in [4.78, 5) is 32.9. The molecule has 218 valence electrons. The van der Waals surface area contributed by atoms with Crippen molar-refractivity contribution >= 4 is 41.4 Å². The van der Waals surface area contributed by atoms with E-state index in [4.69, 9.17) is 32.6 Å². The number of aliphatic carboxylic acids is 1. The fourth-order valence-corrected chi connectivity index (χ4v) is 4.16. The molecule has 0 aliphatic carbocycles. The summed E-state index contributed by atoms with van der Waals surface area (Å²) >= 11 is 6.34. The molecule has 2 aromatic carbocycles. The molecule has 0 unspecified atom stereocenters. The van der Waals surface area contributed by atoms with Gasteiger partial charge in [-0.3, -0.25) is 4.79 Å². The minimum absolute atomic E-state index is 0.138. The maximum atomic E-state index is 11.6. The van der Waals surface area contributed by atoms with E-state index < -0.39 is 5.97 Å². The van der Waals surface area contributed by atoms with Gasteiger partial charge in [-0.15, -0.1) is 6.42 Å². The second-order valence-electron chi connectivity index (χ2n) is 8.66. The van der Waals surface area contributed by atoms with Crippen molar-refractivity contribution in [3.05, 3.63) is 83.1 Å². The number of nitrogens with one attached hydrogen (secondary N) is 1. The van der Waals surface area contributed by atoms with Gasteiger partial charge >= 0.3 is 11.9 Å². The van der Waals surface area contributed by atoms with Crippen LogP contribution < -0.4 is 10.2 Å². The molecule has 0 fully saturated rings. The van der Waals surface area contributed by atoms with Crippen molar-refractivity contribution in [2.24, 2.45) is 0 Å². The van der Waals surface area contributed by atoms with E-state index in [9.17, 15) is 14.4 Å². The van der Waals surface area contributed by atoms with Crippen molar-refractivity contribution in [3.63, 3.8) is 0 Å². The molecule has 0 atom stereocenters. The van der Waals surface area contributed by atoms with Crippen LogP contribution in [0.2, 0.25) is 5.02 Å². The summed E-state index contributed by atoms with van der Waals surface area (Å²) in [6.45, 7) is 3.29. The molecule has 41 heavy (non-hydrogen) atoms. The van der Waals surface area contributed by atoms with Crippen LogP contribution in [0.1, 0.15) is 24.0 Å². The smallest absolute Gasteiger partial charge is 0.331 e. The SMILES string of the molecule is C#CCOCCOC(=O)/C=C/CNCCCCN1c2ccccc2CCc2ccc(Cl)cc21.O=CO/C=C\C(=O)O. The maximum absolute atomic E-state index is 11.6. The summed E-state index contributed by atoms with van der Waals surface area (Å²) in [7, 11) is 0. The van der Waals surface area contributed by atoms with Gasteiger partial charge in [0.2, 0.25) is 0 Å². The number of para-hydroxylation sites is 1. The number of esters is 1. The molecule has 0 amide bonds. The lowest BCUT2D eigenvalue weighted by molar-refractivity contribution is -0.139. The number of nitrogens with zero attached hydrogens (tertiary/aromatic N) is 1. The van der Waals surface area contributed by atoms with E-state index in [0.29, 0.717) is 19.2 Å². The Kier molecular flexibility index (Phi) is 16.1. The second-order valence-corrected chi connectivity index (χ2v) is 9.10. The van der Waals surface area contributed by atoms with Crippen molar-refractivity contribution in [2.45, 2.75) is 25.7 Å². The number of unbranched alkanes of at least 4 members (excludes halogenated alkanes) is 1. The Hall–Kier alpha value is -4.10. The first kappa shape index (κ1) is 33.1. The van der Waals surface area contributed by atoms with E-state index in [-0.39, 0.29) is 25.7 Å². The van der Waals surface area contributed by atoms with E-state index in [0.717, 1.165) is 50.1 Å². The van der Waals surface area contributed by atoms with Gasteiger partial charge in [-0.1, -0.05) is 47.9 Å². The molecule has 9 nitrogen and oxygen atoms in total. The first-order chi connectivity index (χ1) is 20.0. The molecule has 1 heterocycles. The molecule has 0 radical (unpaired) electrons. The molecule has 0 saturated heterocycles. The van der Waals surface area contributed by atoms with E-state index in [1.807, 2.05) is 6.07 Å². The third kappa shape index (κ3) is 13.2. The Morgan fingerprint density at radius 2 is 1.85 bits per heavy atom. The Labute approximate surface area is 245 Å². The number of terminal acetylenes is 1. The monoisotopic (exact) mass is 582 g/mol. The Balaban J connectivity index is 0.000000642. The first-order valence-corrected chi connectivity index (χ1v) is 13.5. The highest BCUT2D eigenvalue weighted by Gasteiger charge is 2.20. The molecule has 0 saturated carbocycles. The van der Waals surface area contributed by atoms with Crippen LogP contribution in [-0.4, -0.2) is 63.0 Å². The van der Waals surface area contributed by atoms with Crippen molar-refractivity contribution in [2.75, 3.05) is 44.4 Å². The molecular formula is C31H35ClN2O7. The van der Waals surface area contributed by atoms with Gasteiger partial charge in [0.1, 0.15) is 19.5 Å². The number of rotatable bonds is 15. The van der Waals surface area contributed by atoms with Gasteiger partial charge in [-0.2, -0.15) is 0 Å². The number of anilines is 2. The Morgan fingerprint density at radius 1 is 1.07 bits per heavy atom. The van der Waals surface area contributed by atoms with Crippen LogP contribution in [0.4, 0.5) is 11.4 Å². The fourth-order valence-electron chi connectivity index (χ4n) is 4.00. The van der Waals surface area contributed by atoms with Crippen LogP contribution in [0.3, 0.4) is 0 Å². The normalized spacial score (nSPS) is 12.0. The molecule has 2 aromatic rings. The van der Waals surface area contributed by atoms with Crippen molar-refractivity contribution in [1.29, 1.82) is 0 Å². The van der Waals surface area contributed by atoms with E-state index >= 15 is 0 Å². The number of hydrogen-bond acceptors (Lipinski definition) is 8. The molecule has 0 spiro atoms. The number of fused-ring (bicyclic) bond motifs is 2. The second kappa shape index (κ2) is 19.9. The van der Waals surface area contributed by atoms with Crippen LogP contribution in [-0.2, 0) is 41.4 Å². The summed E-state index contributed by atoms with van der Waals surface area (Å²) in [6.07, 6.45) is 13.9. The summed E-state index contributed by atoms with van der Waals surface area (Å²) < 4.78 is 14.0. The van der Waals surface area contributed by atoms with Crippen LogP contribution in [0, 0.1) is 12.3 Å². The van der Waals surface area contributed by atoms with E-state index in [2.05, 4.69) is 57.3 Å². The largest absolute Gasteiger partial charge is 0.478 e. The molecule has 0 aromatic heterocycles. The zero-order valence-corrected chi connectivity index (χ0v) is 23.6. The third-order valence-electron chi connectivity index (χ3n) is 5.79. The van der Waals surface area contributed by atoms with Crippen molar-refractivity contribution < 1.29 is 33.7 Å². The predicted octanol–water partition coefficient (Wildman–Crippen LogP) is 4.45. The molecule has 0 bridgehead atoms. The van der Waals surface area contributed by atoms with E-state index in [1.54, 1.807) is 6.08 Å². The number of ether oxygens (including phenoxy) is 3. The zero-order chi connectivity index (χ0) is 29.7. The average Bonchev–Trinajstić information content (AvgIpc) is 3.11. The van der Waals surface area contributed by atoms with Crippen molar-refractivity contribution in [1.82, 2.24) is 5.32 Å². The highest BCUT2D eigenvalue weighted by atomic mass is 35.5. The highest BCUT2D eigenvalue weighted by molar-refractivity contribution is 6.30. The van der Waals surface area contributed by atoms with Gasteiger partial charge in [-0.25, -0.2) is 9.59 Å². The van der Waals surface area contributed by atoms with Gasteiger partial charge in [-0.05, 0) is 61.6 Å². The van der Waals surface area contributed by atoms with Crippen LogP contribution in [0.15, 0.2) is 67.0 Å². The predicted molar refractivity (Wildman–Crippen MR) is 158 cm³/mol. The fraction of sp³-hybridized carbons (Fsp3) is 0.323. The van der Waals surface area contributed by atoms with Gasteiger partial charge in [0.15, 0.2) is 0 Å². The number of carboxylic acids is 1. The minimum atomic E-state index is -1.15. The number of carbonyl (C=O) groups is 3. The molecular weight excluding hydrogens is 548 g/mol. The van der Waals surface area contributed by atoms with Gasteiger partial charge < -0.3 is 29.5 Å². The number of benzene rings is 2. The number of hydrogen-bond donors (Lipinski definition) is 2. The molecule has 2 N–H and O–H groups in total. The molecule has 3 rings (SSSR count). The van der Waals surface area contributed by atoms with Gasteiger partial charge in [0, 0.05) is 35.6 Å². The Morgan fingerprint density at radius 3 is 2.61 bits per heavy atom. The zero-order valence-electron chi connectivity index (χ0n) is 22.8. The first-order valence-electron chi connectivity index (χ1n) is 13.1. The molecule has 1 aliphatic heterocycles.